The summed E-state index contributed by atoms with van der Waals surface area (Å²) in [6.07, 6.45) is 3.08. The second-order valence-corrected chi connectivity index (χ2v) is 6.02. The molecule has 1 aliphatic rings. The van der Waals surface area contributed by atoms with E-state index in [1.165, 1.54) is 6.20 Å². The molecule has 2 N–H and O–H groups in total. The van der Waals surface area contributed by atoms with E-state index in [1.807, 2.05) is 12.1 Å². The fourth-order valence-corrected chi connectivity index (χ4v) is 2.91. The van der Waals surface area contributed by atoms with Crippen molar-refractivity contribution in [3.8, 4) is 11.5 Å². The number of hydrogen-bond acceptors (Lipinski definition) is 7. The minimum absolute atomic E-state index is 0.0583. The minimum atomic E-state index is -1.15. The summed E-state index contributed by atoms with van der Waals surface area (Å²) in [5.74, 6) is 0.504. The number of carbonyl (C=O) groups is 2. The predicted octanol–water partition coefficient (Wildman–Crippen LogP) is 1.40. The summed E-state index contributed by atoms with van der Waals surface area (Å²) in [5.41, 5.74) is 0.740. The van der Waals surface area contributed by atoms with Crippen molar-refractivity contribution in [2.45, 2.75) is 19.0 Å². The molecule has 9 heteroatoms. The standard InChI is InChI=1S/C18H20N4O5/c1-26-12-4-3-11(15(7-12)27-2)10-22-6-5-13(17(22)23)21-16-9-19-14(8-20-16)18(24)25/h3-4,7-9,13H,5-6,10H2,1-2H3,(H,20,21)(H,24,25). The van der Waals surface area contributed by atoms with Crippen LogP contribution in [0, 0.1) is 0 Å². The van der Waals surface area contributed by atoms with E-state index in [2.05, 4.69) is 15.3 Å². The van der Waals surface area contributed by atoms with Gasteiger partial charge in [0, 0.05) is 24.7 Å². The van der Waals surface area contributed by atoms with Crippen molar-refractivity contribution >= 4 is 17.7 Å². The van der Waals surface area contributed by atoms with Crippen molar-refractivity contribution in [2.24, 2.45) is 0 Å². The molecule has 0 aliphatic carbocycles. The number of amides is 1. The Hall–Kier alpha value is -3.36. The van der Waals surface area contributed by atoms with E-state index in [0.29, 0.717) is 36.8 Å². The summed E-state index contributed by atoms with van der Waals surface area (Å²) in [6, 6.07) is 5.06. The summed E-state index contributed by atoms with van der Waals surface area (Å²) >= 11 is 0. The zero-order chi connectivity index (χ0) is 19.4. The van der Waals surface area contributed by atoms with E-state index < -0.39 is 12.0 Å². The van der Waals surface area contributed by atoms with Gasteiger partial charge in [0.25, 0.3) is 0 Å². The van der Waals surface area contributed by atoms with Gasteiger partial charge in [-0.1, -0.05) is 0 Å². The zero-order valence-electron chi connectivity index (χ0n) is 15.0. The van der Waals surface area contributed by atoms with Crippen molar-refractivity contribution in [3.63, 3.8) is 0 Å². The highest BCUT2D eigenvalue weighted by Crippen LogP contribution is 2.27. The summed E-state index contributed by atoms with van der Waals surface area (Å²) in [6.45, 7) is 1.01. The lowest BCUT2D eigenvalue weighted by Gasteiger charge is -2.19. The lowest BCUT2D eigenvalue weighted by molar-refractivity contribution is -0.128. The van der Waals surface area contributed by atoms with Gasteiger partial charge in [0.05, 0.1) is 26.6 Å². The molecule has 27 heavy (non-hydrogen) atoms. The maximum Gasteiger partial charge on any atom is 0.356 e. The number of nitrogens with zero attached hydrogens (tertiary/aromatic N) is 3. The van der Waals surface area contributed by atoms with Gasteiger partial charge in [-0.25, -0.2) is 14.8 Å². The van der Waals surface area contributed by atoms with E-state index in [0.717, 1.165) is 11.8 Å². The number of hydrogen-bond donors (Lipinski definition) is 2. The third kappa shape index (κ3) is 4.08. The predicted molar refractivity (Wildman–Crippen MR) is 96.0 cm³/mol. The number of ether oxygens (including phenoxy) is 2. The molecule has 2 aromatic rings. The van der Waals surface area contributed by atoms with Crippen molar-refractivity contribution in [2.75, 3.05) is 26.1 Å². The number of carboxylic acids is 1. The largest absolute Gasteiger partial charge is 0.497 e. The smallest absolute Gasteiger partial charge is 0.356 e. The molecule has 0 saturated carbocycles. The van der Waals surface area contributed by atoms with Crippen LogP contribution >= 0.6 is 0 Å². The molecule has 1 aliphatic heterocycles. The molecule has 1 unspecified atom stereocenters. The lowest BCUT2D eigenvalue weighted by Crippen LogP contribution is -2.33. The molecule has 3 rings (SSSR count). The summed E-state index contributed by atoms with van der Waals surface area (Å²) in [4.78, 5) is 33.0. The number of nitrogens with one attached hydrogen (secondary N) is 1. The third-order valence-electron chi connectivity index (χ3n) is 4.35. The van der Waals surface area contributed by atoms with Gasteiger partial charge in [-0.3, -0.25) is 4.79 Å². The number of anilines is 1. The topological polar surface area (TPSA) is 114 Å². The van der Waals surface area contributed by atoms with Crippen molar-refractivity contribution < 1.29 is 24.2 Å². The second kappa shape index (κ2) is 7.90. The molecule has 1 atom stereocenters. The van der Waals surface area contributed by atoms with Gasteiger partial charge in [-0.15, -0.1) is 0 Å². The number of methoxy groups -OCH3 is 2. The van der Waals surface area contributed by atoms with Crippen LogP contribution in [0.2, 0.25) is 0 Å². The van der Waals surface area contributed by atoms with Crippen LogP contribution in [0.4, 0.5) is 5.82 Å². The fraction of sp³-hybridized carbons (Fsp3) is 0.333. The third-order valence-corrected chi connectivity index (χ3v) is 4.35. The van der Waals surface area contributed by atoms with Crippen molar-refractivity contribution in [1.82, 2.24) is 14.9 Å². The van der Waals surface area contributed by atoms with Crippen LogP contribution in [-0.4, -0.2) is 58.7 Å². The molecule has 2 heterocycles. The Kier molecular flexibility index (Phi) is 5.39. The maximum absolute atomic E-state index is 12.7. The van der Waals surface area contributed by atoms with E-state index in [1.54, 1.807) is 25.2 Å². The molecule has 1 fully saturated rings. The van der Waals surface area contributed by atoms with E-state index >= 15 is 0 Å². The highest BCUT2D eigenvalue weighted by molar-refractivity contribution is 5.87. The first-order valence-electron chi connectivity index (χ1n) is 8.33. The van der Waals surface area contributed by atoms with Gasteiger partial charge in [-0.05, 0) is 18.6 Å². The average Bonchev–Trinajstić information content (AvgIpc) is 3.02. The molecule has 142 valence electrons. The quantitative estimate of drug-likeness (QED) is 0.750. The molecule has 1 aromatic carbocycles. The van der Waals surface area contributed by atoms with Gasteiger partial charge in [-0.2, -0.15) is 0 Å². The molecular formula is C18H20N4O5. The number of rotatable bonds is 7. The van der Waals surface area contributed by atoms with Gasteiger partial charge < -0.3 is 24.8 Å². The summed E-state index contributed by atoms with van der Waals surface area (Å²) in [5, 5.41) is 11.9. The van der Waals surface area contributed by atoms with Crippen LogP contribution in [-0.2, 0) is 11.3 Å². The van der Waals surface area contributed by atoms with Crippen LogP contribution in [0.3, 0.4) is 0 Å². The van der Waals surface area contributed by atoms with E-state index in [4.69, 9.17) is 14.6 Å². The molecule has 9 nitrogen and oxygen atoms in total. The lowest BCUT2D eigenvalue weighted by atomic mass is 10.1. The minimum Gasteiger partial charge on any atom is -0.497 e. The SMILES string of the molecule is COc1ccc(CN2CCC(Nc3cnc(C(=O)O)cn3)C2=O)c(OC)c1. The van der Waals surface area contributed by atoms with E-state index in [-0.39, 0.29) is 11.6 Å². The van der Waals surface area contributed by atoms with Gasteiger partial charge in [0.2, 0.25) is 5.91 Å². The van der Waals surface area contributed by atoms with Gasteiger partial charge in [0.15, 0.2) is 5.69 Å². The molecule has 1 saturated heterocycles. The number of likely N-dealkylation sites (tertiary alicyclic amines) is 1. The fourth-order valence-electron chi connectivity index (χ4n) is 2.91. The first-order chi connectivity index (χ1) is 13.0. The first-order valence-corrected chi connectivity index (χ1v) is 8.33. The number of aromatic nitrogens is 2. The van der Waals surface area contributed by atoms with Crippen LogP contribution in [0.15, 0.2) is 30.6 Å². The number of carboxylic acid groups (broad SMARTS) is 1. The Morgan fingerprint density at radius 3 is 2.74 bits per heavy atom. The molecule has 0 spiro atoms. The van der Waals surface area contributed by atoms with Crippen molar-refractivity contribution in [1.29, 1.82) is 0 Å². The van der Waals surface area contributed by atoms with Crippen LogP contribution in [0.5, 0.6) is 11.5 Å². The first kappa shape index (κ1) is 18.4. The monoisotopic (exact) mass is 372 g/mol. The summed E-state index contributed by atoms with van der Waals surface area (Å²) in [7, 11) is 3.16. The Bertz CT molecular complexity index is 840. The molecule has 0 radical (unpaired) electrons. The Morgan fingerprint density at radius 2 is 2.11 bits per heavy atom. The highest BCUT2D eigenvalue weighted by Gasteiger charge is 2.32. The normalized spacial score (nSPS) is 16.3. The number of benzene rings is 1. The van der Waals surface area contributed by atoms with Crippen LogP contribution in [0.25, 0.3) is 0 Å². The zero-order valence-corrected chi connectivity index (χ0v) is 15.0. The summed E-state index contributed by atoms with van der Waals surface area (Å²) < 4.78 is 10.6. The van der Waals surface area contributed by atoms with Gasteiger partial charge >= 0.3 is 5.97 Å². The van der Waals surface area contributed by atoms with E-state index in [9.17, 15) is 9.59 Å². The van der Waals surface area contributed by atoms with Crippen LogP contribution < -0.4 is 14.8 Å². The molecule has 0 bridgehead atoms. The van der Waals surface area contributed by atoms with Crippen LogP contribution in [0.1, 0.15) is 22.5 Å². The van der Waals surface area contributed by atoms with Gasteiger partial charge in [0.1, 0.15) is 23.4 Å². The molecule has 1 aromatic heterocycles. The average molecular weight is 372 g/mol. The van der Waals surface area contributed by atoms with Crippen molar-refractivity contribution in [3.05, 3.63) is 41.9 Å². The number of carbonyl (C=O) groups excluding carboxylic acids is 1. The second-order valence-electron chi connectivity index (χ2n) is 6.02. The maximum atomic E-state index is 12.7. The Balaban J connectivity index is 1.65. The molecule has 1 amide bonds. The number of aromatic carboxylic acids is 1. The highest BCUT2D eigenvalue weighted by atomic mass is 16.5. The Morgan fingerprint density at radius 1 is 1.30 bits per heavy atom. The molecular weight excluding hydrogens is 352 g/mol. The Labute approximate surface area is 155 Å².